The van der Waals surface area contributed by atoms with Crippen LogP contribution in [0.25, 0.3) is 11.3 Å². The van der Waals surface area contributed by atoms with Crippen LogP contribution in [0.3, 0.4) is 0 Å². The first-order chi connectivity index (χ1) is 13.8. The van der Waals surface area contributed by atoms with Crippen molar-refractivity contribution >= 4 is 15.7 Å². The molecule has 1 heterocycles. The third-order valence-corrected chi connectivity index (χ3v) is 6.03. The summed E-state index contributed by atoms with van der Waals surface area (Å²) in [5, 5.41) is 0. The molecule has 162 valence electrons. The Labute approximate surface area is 167 Å². The molecule has 4 rings (SSSR count). The van der Waals surface area contributed by atoms with Crippen molar-refractivity contribution in [1.29, 1.82) is 0 Å². The van der Waals surface area contributed by atoms with E-state index >= 15 is 0 Å². The number of sulfonamides is 1. The number of rotatable bonds is 5. The maximum atomic E-state index is 12.3. The number of aryl methyl sites for hydroxylation is 1. The summed E-state index contributed by atoms with van der Waals surface area (Å²) >= 11 is 0. The minimum absolute atomic E-state index is 0. The largest absolute Gasteiger partial charge is 0.420 e. The van der Waals surface area contributed by atoms with Crippen LogP contribution >= 0.6 is 0 Å². The minimum atomic E-state index is -4.12. The van der Waals surface area contributed by atoms with Gasteiger partial charge < -0.3 is 8.78 Å². The van der Waals surface area contributed by atoms with Gasteiger partial charge in [-0.3, -0.25) is 4.72 Å². The van der Waals surface area contributed by atoms with Crippen LogP contribution in [-0.2, 0) is 16.4 Å². The molecule has 3 aromatic rings. The average Bonchev–Trinajstić information content (AvgIpc) is 2.67. The van der Waals surface area contributed by atoms with Gasteiger partial charge in [-0.15, -0.1) is 0 Å². The standard InChI is InChI=1S/C21H18F2N3O2S.Fm/c1-13-24-11-15-10-19(17-4-2-3-5-18(17)21(15)25-13)14-6-8-16(9-7-14)26-29(27,28)12-20(22)23;/h2-9,11,19,26H,10,12H2,1H3;/q-1;. The van der Waals surface area contributed by atoms with Gasteiger partial charge in [0.25, 0.3) is 0 Å². The van der Waals surface area contributed by atoms with E-state index in [1.165, 1.54) is 0 Å². The molecule has 0 spiro atoms. The van der Waals surface area contributed by atoms with E-state index in [9.17, 15) is 17.2 Å². The van der Waals surface area contributed by atoms with Crippen molar-refractivity contribution in [3.8, 4) is 11.3 Å². The zero-order chi connectivity index (χ0) is 20.6. The molecule has 30 heavy (non-hydrogen) atoms. The Hall–Kier alpha value is -3.87. The number of hydrogen-bond acceptors (Lipinski definition) is 4. The number of fused-ring (bicyclic) bond motifs is 3. The molecule has 1 aliphatic rings. The smallest absolute Gasteiger partial charge is 0.209 e. The Balaban J connectivity index is 0.00000256. The van der Waals surface area contributed by atoms with E-state index in [0.717, 1.165) is 40.2 Å². The van der Waals surface area contributed by atoms with Crippen molar-refractivity contribution in [2.75, 3.05) is 10.5 Å². The molecule has 0 aliphatic heterocycles. The molecule has 0 amide bonds. The van der Waals surface area contributed by atoms with Crippen LogP contribution in [0.1, 0.15) is 28.4 Å². The van der Waals surface area contributed by atoms with Crippen LogP contribution in [0.5, 0.6) is 0 Å². The molecule has 1 unspecified atom stereocenters. The van der Waals surface area contributed by atoms with E-state index in [1.54, 1.807) is 12.1 Å². The quantitative estimate of drug-likeness (QED) is 0.411. The number of aromatic nitrogens is 2. The number of anilines is 1. The fourth-order valence-electron chi connectivity index (χ4n) is 3.66. The van der Waals surface area contributed by atoms with Gasteiger partial charge in [0.15, 0.2) is 0 Å². The molecule has 1 aliphatic carbocycles. The summed E-state index contributed by atoms with van der Waals surface area (Å²) in [4.78, 5) is 8.93. The van der Waals surface area contributed by atoms with E-state index in [2.05, 4.69) is 20.8 Å². The van der Waals surface area contributed by atoms with Crippen LogP contribution in [0, 0.1) is 13.3 Å². The number of nitrogens with one attached hydrogen (secondary N) is 1. The first kappa shape index (κ1) is 20.9. The van der Waals surface area contributed by atoms with Gasteiger partial charge in [0.1, 0.15) is 5.82 Å². The molecule has 2 aromatic carbocycles. The normalized spacial score (nSPS) is 15.1. The predicted molar refractivity (Wildman–Crippen MR) is 107 cm³/mol. The Morgan fingerprint density at radius 2 is 1.83 bits per heavy atom. The molecule has 1 aromatic heterocycles. The van der Waals surface area contributed by atoms with Crippen molar-refractivity contribution < 1.29 is 17.2 Å². The zero-order valence-electron chi connectivity index (χ0n) is 15.9. The average molecular weight is 671 g/mol. The van der Waals surface area contributed by atoms with Gasteiger partial charge in [-0.05, 0) is 42.2 Å². The number of halogens is 2. The molecular weight excluding hydrogens is 653 g/mol. The number of benzene rings is 2. The predicted octanol–water partition coefficient (Wildman–Crippen LogP) is 4.31. The third-order valence-electron chi connectivity index (χ3n) is 4.89. The molecule has 0 radical (unpaired) electrons. The summed E-state index contributed by atoms with van der Waals surface area (Å²) in [5.41, 5.74) is 5.44. The molecular formula is C21H18F2FmN3O2S-. The Morgan fingerprint density at radius 3 is 2.53 bits per heavy atom. The van der Waals surface area contributed by atoms with Gasteiger partial charge in [0.05, 0.1) is 5.69 Å². The summed E-state index contributed by atoms with van der Waals surface area (Å²) in [6.07, 6.45) is 0.425. The van der Waals surface area contributed by atoms with Crippen molar-refractivity contribution in [2.24, 2.45) is 0 Å². The van der Waals surface area contributed by atoms with Crippen molar-refractivity contribution in [1.82, 2.24) is 9.97 Å². The van der Waals surface area contributed by atoms with Gasteiger partial charge in [-0.25, -0.2) is 18.4 Å². The monoisotopic (exact) mass is 671 g/mol. The summed E-state index contributed by atoms with van der Waals surface area (Å²) < 4.78 is 50.2. The molecule has 9 heteroatoms. The number of nitrogens with zero attached hydrogens (tertiary/aromatic N) is 2. The first-order valence-electron chi connectivity index (χ1n) is 9.01. The summed E-state index contributed by atoms with van der Waals surface area (Å²) in [6.45, 7) is 1.86. The fourth-order valence-corrected chi connectivity index (χ4v) is 4.52. The van der Waals surface area contributed by atoms with E-state index in [-0.39, 0.29) is 11.6 Å². The van der Waals surface area contributed by atoms with E-state index in [1.807, 2.05) is 43.5 Å². The molecule has 1 N–H and O–H groups in total. The van der Waals surface area contributed by atoms with Crippen molar-refractivity contribution in [2.45, 2.75) is 19.3 Å². The van der Waals surface area contributed by atoms with Gasteiger partial charge in [0.2, 0.25) is 10.0 Å². The van der Waals surface area contributed by atoms with Crippen molar-refractivity contribution in [3.05, 3.63) is 83.7 Å². The summed E-state index contributed by atoms with van der Waals surface area (Å²) in [7, 11) is -4.12. The third kappa shape index (κ3) is 4.10. The maximum absolute atomic E-state index is 12.3. The van der Waals surface area contributed by atoms with Gasteiger partial charge in [-0.2, -0.15) is 0 Å². The van der Waals surface area contributed by atoms with Crippen LogP contribution in [0.15, 0.2) is 54.7 Å². The number of hydrogen-bond donors (Lipinski definition) is 1. The van der Waals surface area contributed by atoms with Gasteiger partial charge in [-0.1, -0.05) is 36.4 Å². The fraction of sp³-hybridized carbons (Fsp3) is 0.190. The summed E-state index contributed by atoms with van der Waals surface area (Å²) in [6, 6.07) is 14.9. The second kappa shape index (κ2) is 7.87. The molecule has 5 nitrogen and oxygen atoms in total. The Kier molecular flexibility index (Phi) is 5.47. The Bertz CT molecular complexity index is 1160. The van der Waals surface area contributed by atoms with Gasteiger partial charge in [0, 0.05) is 35.5 Å². The van der Waals surface area contributed by atoms with Gasteiger partial charge >= 0.3 is 0 Å². The topological polar surface area (TPSA) is 72.0 Å². The molecule has 0 saturated heterocycles. The Morgan fingerprint density at radius 1 is 1.13 bits per heavy atom. The minimum Gasteiger partial charge on any atom is -0.420 e. The van der Waals surface area contributed by atoms with Crippen molar-refractivity contribution in [3.63, 3.8) is 0 Å². The van der Waals surface area contributed by atoms with E-state index in [4.69, 9.17) is 0 Å². The van der Waals surface area contributed by atoms with E-state index < -0.39 is 22.2 Å². The first-order valence-corrected chi connectivity index (χ1v) is 10.7. The van der Waals surface area contributed by atoms with Crippen LogP contribution in [0.4, 0.5) is 14.5 Å². The van der Waals surface area contributed by atoms with E-state index in [0.29, 0.717) is 0 Å². The maximum Gasteiger partial charge on any atom is 0.209 e. The zero-order valence-corrected chi connectivity index (χ0v) is 19.1. The second-order valence-corrected chi connectivity index (χ2v) is 8.68. The molecule has 0 fully saturated rings. The SMILES string of the molecule is Cc1ncc2c(n1)-c1ccccc1C(c1ccc(NS(=O)(=O)C[C-](F)F)cc1)C2.[Fm]. The molecule has 0 bridgehead atoms. The van der Waals surface area contributed by atoms with Crippen LogP contribution < -0.4 is 4.72 Å². The molecule has 0 saturated carbocycles. The summed E-state index contributed by atoms with van der Waals surface area (Å²) in [5.74, 6) is -0.524. The van der Waals surface area contributed by atoms with Crippen LogP contribution in [0.2, 0.25) is 0 Å². The second-order valence-electron chi connectivity index (χ2n) is 6.96. The molecule has 1 atom stereocenters. The van der Waals surface area contributed by atoms with Crippen LogP contribution in [-0.4, -0.2) is 24.1 Å².